The van der Waals surface area contributed by atoms with Crippen molar-refractivity contribution in [1.29, 1.82) is 0 Å². The summed E-state index contributed by atoms with van der Waals surface area (Å²) in [5.74, 6) is -2.84. The maximum atomic E-state index is 15.3. The lowest BCUT2D eigenvalue weighted by molar-refractivity contribution is -0.156. The number of rotatable bonds is 4. The van der Waals surface area contributed by atoms with Gasteiger partial charge in [-0.2, -0.15) is 0 Å². The van der Waals surface area contributed by atoms with Crippen LogP contribution in [-0.2, 0) is 23.8 Å². The second-order valence-electron chi connectivity index (χ2n) is 10.7. The number of aliphatic hydroxyl groups is 2. The van der Waals surface area contributed by atoms with Crippen LogP contribution in [0.25, 0.3) is 6.08 Å². The van der Waals surface area contributed by atoms with Gasteiger partial charge >= 0.3 is 5.97 Å². The molecule has 3 rings (SSSR count). The third-order valence-corrected chi connectivity index (χ3v) is 8.22. The van der Waals surface area contributed by atoms with Crippen LogP contribution in [0.1, 0.15) is 64.1 Å². The first-order valence-corrected chi connectivity index (χ1v) is 13.5. The molecule has 206 valence electrons. The largest absolute Gasteiger partial charge is 0.455 e. The number of thiazole rings is 1. The predicted octanol–water partition coefficient (Wildman–Crippen LogP) is 3.93. The molecule has 1 aromatic rings. The van der Waals surface area contributed by atoms with Crippen LogP contribution in [0.3, 0.4) is 0 Å². The molecule has 0 amide bonds. The number of aryl methyl sites for hydroxylation is 1. The van der Waals surface area contributed by atoms with Gasteiger partial charge in [0.2, 0.25) is 0 Å². The molecule has 2 aliphatic rings. The highest BCUT2D eigenvalue weighted by Crippen LogP contribution is 2.44. The summed E-state index contributed by atoms with van der Waals surface area (Å²) in [6, 6.07) is 0. The van der Waals surface area contributed by atoms with Gasteiger partial charge in [-0.25, -0.2) is 9.37 Å². The van der Waals surface area contributed by atoms with Gasteiger partial charge in [0.05, 0.1) is 58.5 Å². The first kappa shape index (κ1) is 29.6. The molecule has 0 radical (unpaired) electrons. The number of halogens is 1. The number of hydrogen-bond donors (Lipinski definition) is 2. The number of hydrogen-bond acceptors (Lipinski definition) is 9. The lowest BCUT2D eigenvalue weighted by Gasteiger charge is -2.35. The van der Waals surface area contributed by atoms with Gasteiger partial charge in [0.25, 0.3) is 0 Å². The summed E-state index contributed by atoms with van der Waals surface area (Å²) in [5, 5.41) is 24.3. The third-order valence-electron chi connectivity index (χ3n) is 7.43. The molecule has 2 fully saturated rings. The first-order chi connectivity index (χ1) is 17.3. The molecule has 2 saturated heterocycles. The predicted molar refractivity (Wildman–Crippen MR) is 137 cm³/mol. The van der Waals surface area contributed by atoms with Gasteiger partial charge in [0.1, 0.15) is 11.6 Å². The molecule has 3 heterocycles. The summed E-state index contributed by atoms with van der Waals surface area (Å²) < 4.78 is 32.5. The van der Waals surface area contributed by atoms with Crippen molar-refractivity contribution in [2.75, 3.05) is 6.61 Å². The second kappa shape index (κ2) is 11.8. The Kier molecular flexibility index (Phi) is 9.45. The minimum atomic E-state index is -1.42. The van der Waals surface area contributed by atoms with E-state index in [0.717, 1.165) is 5.01 Å². The van der Waals surface area contributed by atoms with Crippen LogP contribution in [0.2, 0.25) is 0 Å². The van der Waals surface area contributed by atoms with Crippen molar-refractivity contribution in [3.8, 4) is 0 Å². The number of carbonyl (C=O) groups excluding carboxylic acids is 2. The topological polar surface area (TPSA) is 118 Å². The smallest absolute Gasteiger partial charge is 0.309 e. The molecule has 7 atom stereocenters. The fourth-order valence-corrected chi connectivity index (χ4v) is 5.19. The van der Waals surface area contributed by atoms with Gasteiger partial charge in [0, 0.05) is 24.8 Å². The van der Waals surface area contributed by atoms with E-state index in [1.54, 1.807) is 12.3 Å². The molecule has 10 heteroatoms. The Bertz CT molecular complexity index is 1020. The van der Waals surface area contributed by atoms with Crippen molar-refractivity contribution in [2.24, 2.45) is 11.3 Å². The molecule has 0 bridgehead atoms. The Morgan fingerprint density at radius 3 is 2.65 bits per heavy atom. The highest BCUT2D eigenvalue weighted by Gasteiger charge is 2.53. The molecule has 0 aromatic carbocycles. The van der Waals surface area contributed by atoms with Crippen LogP contribution < -0.4 is 0 Å². The van der Waals surface area contributed by atoms with E-state index in [1.165, 1.54) is 37.3 Å². The summed E-state index contributed by atoms with van der Waals surface area (Å²) in [7, 11) is 0. The molecular weight excluding hydrogens is 501 g/mol. The van der Waals surface area contributed by atoms with Crippen LogP contribution in [0.4, 0.5) is 4.39 Å². The van der Waals surface area contributed by atoms with Crippen molar-refractivity contribution < 1.29 is 38.4 Å². The fourth-order valence-electron chi connectivity index (χ4n) is 4.62. The number of fused-ring (bicyclic) bond motifs is 1. The number of cyclic esters (lactones) is 1. The molecule has 37 heavy (non-hydrogen) atoms. The lowest BCUT2D eigenvalue weighted by Crippen LogP contribution is -2.48. The van der Waals surface area contributed by atoms with Crippen LogP contribution in [0.15, 0.2) is 23.9 Å². The van der Waals surface area contributed by atoms with Crippen molar-refractivity contribution >= 4 is 29.2 Å². The lowest BCUT2D eigenvalue weighted by atomic mass is 9.72. The third kappa shape index (κ3) is 7.11. The van der Waals surface area contributed by atoms with E-state index in [1.807, 2.05) is 13.8 Å². The quantitative estimate of drug-likeness (QED) is 0.336. The maximum absolute atomic E-state index is 15.3. The van der Waals surface area contributed by atoms with Crippen molar-refractivity contribution in [1.82, 2.24) is 4.98 Å². The van der Waals surface area contributed by atoms with E-state index in [2.05, 4.69) is 11.6 Å². The van der Waals surface area contributed by atoms with Gasteiger partial charge in [-0.3, -0.25) is 9.59 Å². The molecule has 2 N–H and O–H groups in total. The summed E-state index contributed by atoms with van der Waals surface area (Å²) in [6.07, 6.45) is -1.90. The Morgan fingerprint density at radius 2 is 2.03 bits per heavy atom. The summed E-state index contributed by atoms with van der Waals surface area (Å²) in [5.41, 5.74) is -1.59. The van der Waals surface area contributed by atoms with Gasteiger partial charge < -0.3 is 24.4 Å². The zero-order valence-electron chi connectivity index (χ0n) is 22.1. The number of esters is 1. The highest BCUT2D eigenvalue weighted by molar-refractivity contribution is 7.09. The molecule has 2 aliphatic heterocycles. The zero-order valence-corrected chi connectivity index (χ0v) is 22.9. The maximum Gasteiger partial charge on any atom is 0.309 e. The van der Waals surface area contributed by atoms with Crippen LogP contribution in [0, 0.1) is 18.3 Å². The number of ether oxygens (including phenoxy) is 3. The molecule has 1 aromatic heterocycles. The Labute approximate surface area is 221 Å². The number of aromatic nitrogens is 1. The molecule has 8 nitrogen and oxygen atoms in total. The average molecular weight is 540 g/mol. The standard InChI is InChI=1S/C27H38FNO7S/c1-7-8-18-24(32)15(2)34-10-9-27(6)22(36-27)12-20(19(28)11-17-14-37-16(3)29-17)35-23(31)13-21(30)26(4,5)25(18)33/h7,11,14-15,18,20-22,24,30,32H,1,8-10,12-13H2,2-6H3/b19-11-/t15-,18-,20+,21+,22?,24-,27-/m1/s1. The van der Waals surface area contributed by atoms with E-state index in [4.69, 9.17) is 14.2 Å². The van der Waals surface area contributed by atoms with Gasteiger partial charge in [-0.1, -0.05) is 19.9 Å². The molecule has 0 spiro atoms. The van der Waals surface area contributed by atoms with Crippen LogP contribution >= 0.6 is 11.3 Å². The Balaban J connectivity index is 1.88. The van der Waals surface area contributed by atoms with Crippen molar-refractivity contribution in [3.05, 3.63) is 34.6 Å². The molecule has 1 unspecified atom stereocenters. The average Bonchev–Trinajstić information content (AvgIpc) is 3.27. The van der Waals surface area contributed by atoms with Gasteiger partial charge in [0.15, 0.2) is 6.10 Å². The number of ketones is 1. The SMILES string of the molecule is C=CC[C@H]1C(=O)C(C)(C)[C@@H](O)CC(=O)O[C@H](/C(F)=C/c2csc(C)n2)CC2O[C@]2(C)CCO[C@H](C)[C@H]1O. The van der Waals surface area contributed by atoms with Gasteiger partial charge in [-0.15, -0.1) is 17.9 Å². The zero-order chi connectivity index (χ0) is 27.5. The Morgan fingerprint density at radius 1 is 1.32 bits per heavy atom. The fraction of sp³-hybridized carbons (Fsp3) is 0.667. The normalized spacial score (nSPS) is 35.9. The number of nitrogens with zero attached hydrogens (tertiary/aromatic N) is 1. The van der Waals surface area contributed by atoms with Crippen molar-refractivity contribution in [3.63, 3.8) is 0 Å². The molecule has 0 aliphatic carbocycles. The van der Waals surface area contributed by atoms with E-state index >= 15 is 4.39 Å². The van der Waals surface area contributed by atoms with E-state index < -0.39 is 65.4 Å². The highest BCUT2D eigenvalue weighted by atomic mass is 32.1. The van der Waals surface area contributed by atoms with Gasteiger partial charge in [-0.05, 0) is 33.3 Å². The molecule has 0 saturated carbocycles. The van der Waals surface area contributed by atoms with E-state index in [9.17, 15) is 19.8 Å². The van der Waals surface area contributed by atoms with E-state index in [-0.39, 0.29) is 25.6 Å². The monoisotopic (exact) mass is 539 g/mol. The Hall–Kier alpha value is -1.98. The van der Waals surface area contributed by atoms with Crippen LogP contribution in [0.5, 0.6) is 0 Å². The summed E-state index contributed by atoms with van der Waals surface area (Å²) >= 11 is 1.37. The number of carbonyl (C=O) groups is 2. The number of epoxide rings is 1. The number of allylic oxidation sites excluding steroid dienone is 1. The molecular formula is C27H38FNO7S. The first-order valence-electron chi connectivity index (χ1n) is 12.6. The number of aliphatic hydroxyl groups excluding tert-OH is 2. The second-order valence-corrected chi connectivity index (χ2v) is 11.8. The van der Waals surface area contributed by atoms with E-state index in [0.29, 0.717) is 12.1 Å². The minimum absolute atomic E-state index is 0.0751. The number of Topliss-reactive ketones (excluding diaryl/α,β-unsaturated/α-hetero) is 1. The van der Waals surface area contributed by atoms with Crippen molar-refractivity contribution in [2.45, 2.75) is 96.4 Å². The minimum Gasteiger partial charge on any atom is -0.455 e. The summed E-state index contributed by atoms with van der Waals surface area (Å²) in [4.78, 5) is 30.5. The van der Waals surface area contributed by atoms with Crippen LogP contribution in [-0.4, -0.2) is 69.7 Å². The summed E-state index contributed by atoms with van der Waals surface area (Å²) in [6.45, 7) is 12.3.